The number of anilines is 1. The van der Waals surface area contributed by atoms with Crippen molar-refractivity contribution in [3.8, 4) is 22.8 Å². The molecule has 41 heavy (non-hydrogen) atoms. The number of nitrogens with zero attached hydrogens (tertiary/aromatic N) is 3. The zero-order chi connectivity index (χ0) is 29.0. The van der Waals surface area contributed by atoms with Gasteiger partial charge in [-0.15, -0.1) is 0 Å². The van der Waals surface area contributed by atoms with E-state index in [9.17, 15) is 9.59 Å². The van der Waals surface area contributed by atoms with Crippen LogP contribution in [0.25, 0.3) is 16.9 Å². The molecule has 0 bridgehead atoms. The van der Waals surface area contributed by atoms with Gasteiger partial charge in [0.2, 0.25) is 0 Å². The molecule has 1 amide bonds. The first kappa shape index (κ1) is 29.6. The number of fused-ring (bicyclic) bond motifs is 1. The predicted octanol–water partition coefficient (Wildman–Crippen LogP) is 6.96. The van der Waals surface area contributed by atoms with Crippen LogP contribution in [0.4, 0.5) is 5.69 Å². The summed E-state index contributed by atoms with van der Waals surface area (Å²) in [6, 6.07) is 15.6. The maximum atomic E-state index is 13.0. The molecule has 9 heteroatoms. The Hall–Kier alpha value is -4.40. The number of esters is 1. The summed E-state index contributed by atoms with van der Waals surface area (Å²) in [5.41, 5.74) is 3.29. The van der Waals surface area contributed by atoms with Gasteiger partial charge >= 0.3 is 5.97 Å². The van der Waals surface area contributed by atoms with Crippen molar-refractivity contribution < 1.29 is 23.8 Å². The highest BCUT2D eigenvalue weighted by atomic mass is 16.5. The smallest absolute Gasteiger partial charge is 0.338 e. The van der Waals surface area contributed by atoms with Gasteiger partial charge in [0.25, 0.3) is 5.91 Å². The van der Waals surface area contributed by atoms with Crippen molar-refractivity contribution in [1.29, 1.82) is 0 Å². The number of hydrogen-bond acceptors (Lipinski definition) is 7. The molecule has 0 atom stereocenters. The van der Waals surface area contributed by atoms with Crippen LogP contribution < -0.4 is 14.8 Å². The van der Waals surface area contributed by atoms with E-state index in [1.54, 1.807) is 55.3 Å². The van der Waals surface area contributed by atoms with E-state index >= 15 is 0 Å². The monoisotopic (exact) mass is 558 g/mol. The molecule has 0 spiro atoms. The van der Waals surface area contributed by atoms with Crippen molar-refractivity contribution >= 4 is 23.2 Å². The molecule has 0 unspecified atom stereocenters. The maximum absolute atomic E-state index is 13.0. The number of hydrogen-bond donors (Lipinski definition) is 1. The van der Waals surface area contributed by atoms with Crippen molar-refractivity contribution in [2.45, 2.75) is 58.3 Å². The average Bonchev–Trinajstić information content (AvgIpc) is 3.45. The molecule has 216 valence electrons. The first-order valence-electron chi connectivity index (χ1n) is 14.2. The highest BCUT2D eigenvalue weighted by molar-refractivity contribution is 6.03. The fraction of sp³-hybridized carbons (Fsp3) is 0.375. The minimum absolute atomic E-state index is 0.208. The van der Waals surface area contributed by atoms with Gasteiger partial charge in [0.1, 0.15) is 0 Å². The average molecular weight is 559 g/mol. The molecule has 0 aliphatic heterocycles. The lowest BCUT2D eigenvalue weighted by molar-refractivity contribution is 0.0497. The third kappa shape index (κ3) is 7.84. The number of benzene rings is 2. The lowest BCUT2D eigenvalue weighted by atomic mass is 10.1. The van der Waals surface area contributed by atoms with Gasteiger partial charge < -0.3 is 19.5 Å². The second-order valence-electron chi connectivity index (χ2n) is 9.84. The number of unbranched alkanes of at least 4 members (excludes halogenated alkanes) is 7. The molecule has 4 aromatic rings. The van der Waals surface area contributed by atoms with E-state index in [1.807, 2.05) is 24.3 Å². The molecule has 0 aliphatic rings. The lowest BCUT2D eigenvalue weighted by Gasteiger charge is -2.10. The van der Waals surface area contributed by atoms with E-state index in [1.165, 1.54) is 38.5 Å². The highest BCUT2D eigenvalue weighted by Crippen LogP contribution is 2.32. The Kier molecular flexibility index (Phi) is 10.7. The van der Waals surface area contributed by atoms with E-state index in [4.69, 9.17) is 14.2 Å². The fourth-order valence-electron chi connectivity index (χ4n) is 4.59. The normalized spacial score (nSPS) is 10.9. The number of amides is 1. The van der Waals surface area contributed by atoms with Crippen LogP contribution in [0, 0.1) is 0 Å². The van der Waals surface area contributed by atoms with Crippen molar-refractivity contribution in [3.05, 3.63) is 72.1 Å². The van der Waals surface area contributed by atoms with Gasteiger partial charge in [-0.2, -0.15) is 5.10 Å². The Balaban J connectivity index is 1.33. The second-order valence-corrected chi connectivity index (χ2v) is 9.84. The molecule has 9 nitrogen and oxygen atoms in total. The summed E-state index contributed by atoms with van der Waals surface area (Å²) in [4.78, 5) is 29.7. The molecule has 4 rings (SSSR count). The van der Waals surface area contributed by atoms with Crippen LogP contribution in [-0.2, 0) is 4.74 Å². The molecule has 0 fully saturated rings. The minimum atomic E-state index is -0.390. The summed E-state index contributed by atoms with van der Waals surface area (Å²) in [6.07, 6.45) is 11.2. The van der Waals surface area contributed by atoms with Crippen molar-refractivity contribution in [2.24, 2.45) is 0 Å². The maximum Gasteiger partial charge on any atom is 0.338 e. The molecule has 0 saturated carbocycles. The van der Waals surface area contributed by atoms with Crippen LogP contribution in [0.2, 0.25) is 0 Å². The third-order valence-electron chi connectivity index (χ3n) is 6.88. The molecular weight excluding hydrogens is 520 g/mol. The fourth-order valence-corrected chi connectivity index (χ4v) is 4.59. The molecular formula is C32H38N4O5. The minimum Gasteiger partial charge on any atom is -0.493 e. The van der Waals surface area contributed by atoms with Crippen LogP contribution in [0.1, 0.15) is 79.1 Å². The molecule has 0 saturated heterocycles. The van der Waals surface area contributed by atoms with E-state index in [-0.39, 0.29) is 11.7 Å². The number of nitrogens with one attached hydrogen (secondary N) is 1. The predicted molar refractivity (Wildman–Crippen MR) is 159 cm³/mol. The molecule has 0 aliphatic carbocycles. The Morgan fingerprint density at radius 1 is 0.829 bits per heavy atom. The van der Waals surface area contributed by atoms with Crippen LogP contribution >= 0.6 is 0 Å². The Bertz CT molecular complexity index is 1450. The Morgan fingerprint density at radius 2 is 1.54 bits per heavy atom. The lowest BCUT2D eigenvalue weighted by Crippen LogP contribution is -2.13. The number of ether oxygens (including phenoxy) is 3. The SMILES string of the molecule is CCCCCCCCCCOC(=O)c1ccc(NC(=O)c2cc3nccc(-c4ccc(OC)c(OC)c4)n3n2)cc1. The molecule has 2 aromatic carbocycles. The topological polar surface area (TPSA) is 104 Å². The first-order valence-corrected chi connectivity index (χ1v) is 14.2. The Labute approximate surface area is 240 Å². The summed E-state index contributed by atoms with van der Waals surface area (Å²) in [7, 11) is 3.16. The summed E-state index contributed by atoms with van der Waals surface area (Å²) in [5, 5.41) is 7.33. The van der Waals surface area contributed by atoms with Gasteiger partial charge in [0.05, 0.1) is 32.1 Å². The van der Waals surface area contributed by atoms with Gasteiger partial charge in [-0.1, -0.05) is 51.9 Å². The summed E-state index contributed by atoms with van der Waals surface area (Å²) in [6.45, 7) is 2.64. The number of carbonyl (C=O) groups is 2. The first-order chi connectivity index (χ1) is 20.0. The van der Waals surface area contributed by atoms with E-state index < -0.39 is 5.91 Å². The van der Waals surface area contributed by atoms with Crippen LogP contribution in [-0.4, -0.2) is 47.3 Å². The highest BCUT2D eigenvalue weighted by Gasteiger charge is 2.16. The van der Waals surface area contributed by atoms with Crippen molar-refractivity contribution in [1.82, 2.24) is 14.6 Å². The Morgan fingerprint density at radius 3 is 2.24 bits per heavy atom. The summed E-state index contributed by atoms with van der Waals surface area (Å²) >= 11 is 0. The largest absolute Gasteiger partial charge is 0.493 e. The zero-order valence-electron chi connectivity index (χ0n) is 24.0. The summed E-state index contributed by atoms with van der Waals surface area (Å²) < 4.78 is 17.8. The number of carbonyl (C=O) groups excluding carboxylic acids is 2. The standard InChI is InChI=1S/C32H38N4O5/c1-4-5-6-7-8-9-10-11-20-41-32(38)23-12-15-25(16-13-23)34-31(37)26-22-30-33-19-18-27(36(30)35-26)24-14-17-28(39-2)29(21-24)40-3/h12-19,21-22H,4-11,20H2,1-3H3,(H,34,37). The second kappa shape index (κ2) is 14.8. The van der Waals surface area contributed by atoms with E-state index in [0.717, 1.165) is 24.1 Å². The number of methoxy groups -OCH3 is 2. The van der Waals surface area contributed by atoms with Crippen LogP contribution in [0.5, 0.6) is 11.5 Å². The molecule has 0 radical (unpaired) electrons. The van der Waals surface area contributed by atoms with Gasteiger partial charge in [-0.05, 0) is 55.0 Å². The molecule has 2 heterocycles. The molecule has 2 aromatic heterocycles. The van der Waals surface area contributed by atoms with Gasteiger partial charge in [-0.25, -0.2) is 14.3 Å². The zero-order valence-corrected chi connectivity index (χ0v) is 24.0. The van der Waals surface area contributed by atoms with Crippen molar-refractivity contribution in [3.63, 3.8) is 0 Å². The van der Waals surface area contributed by atoms with Crippen molar-refractivity contribution in [2.75, 3.05) is 26.1 Å². The van der Waals surface area contributed by atoms with Crippen LogP contribution in [0.15, 0.2) is 60.8 Å². The van der Waals surface area contributed by atoms with Crippen LogP contribution in [0.3, 0.4) is 0 Å². The van der Waals surface area contributed by atoms with E-state index in [0.29, 0.717) is 35.0 Å². The van der Waals surface area contributed by atoms with Gasteiger partial charge in [0, 0.05) is 23.5 Å². The van der Waals surface area contributed by atoms with Gasteiger partial charge in [-0.3, -0.25) is 4.79 Å². The third-order valence-corrected chi connectivity index (χ3v) is 6.88. The van der Waals surface area contributed by atoms with E-state index in [2.05, 4.69) is 22.3 Å². The number of rotatable bonds is 15. The molecule has 1 N–H and O–H groups in total. The van der Waals surface area contributed by atoms with Gasteiger partial charge in [0.15, 0.2) is 22.8 Å². The number of aromatic nitrogens is 3. The quantitative estimate of drug-likeness (QED) is 0.124. The summed E-state index contributed by atoms with van der Waals surface area (Å²) in [5.74, 6) is 0.448.